The summed E-state index contributed by atoms with van der Waals surface area (Å²) >= 11 is 5.60. The monoisotopic (exact) mass is 249 g/mol. The van der Waals surface area contributed by atoms with Crippen molar-refractivity contribution in [2.45, 2.75) is 24.8 Å². The second kappa shape index (κ2) is 4.26. The van der Waals surface area contributed by atoms with Crippen molar-refractivity contribution in [3.05, 3.63) is 34.6 Å². The van der Waals surface area contributed by atoms with Gasteiger partial charge in [0.05, 0.1) is 11.6 Å². The molecule has 0 aromatic heterocycles. The van der Waals surface area contributed by atoms with Crippen LogP contribution in [-0.4, -0.2) is 12.6 Å². The highest BCUT2D eigenvalue weighted by atomic mass is 35.5. The molecule has 2 rings (SSSR count). The summed E-state index contributed by atoms with van der Waals surface area (Å²) < 4.78 is 40.0. The third-order valence-electron chi connectivity index (χ3n) is 2.52. The van der Waals surface area contributed by atoms with Gasteiger partial charge in [0.25, 0.3) is 5.92 Å². The second-order valence-corrected chi connectivity index (χ2v) is 4.39. The fourth-order valence-corrected chi connectivity index (χ4v) is 1.75. The molecule has 1 nitrogen and oxygen atoms in total. The molecular weight excluding hydrogens is 239 g/mol. The molecule has 1 fully saturated rings. The molecule has 1 aliphatic rings. The topological polar surface area (TPSA) is 12.0 Å². The quantitative estimate of drug-likeness (QED) is 0.863. The van der Waals surface area contributed by atoms with Gasteiger partial charge in [-0.25, -0.2) is 4.39 Å². The van der Waals surface area contributed by atoms with E-state index in [1.54, 1.807) is 0 Å². The van der Waals surface area contributed by atoms with Gasteiger partial charge in [-0.15, -0.1) is 0 Å². The molecule has 16 heavy (non-hydrogen) atoms. The summed E-state index contributed by atoms with van der Waals surface area (Å²) in [5, 5.41) is 2.50. The van der Waals surface area contributed by atoms with Gasteiger partial charge in [-0.3, -0.25) is 0 Å². The van der Waals surface area contributed by atoms with E-state index < -0.39 is 18.3 Å². The zero-order valence-corrected chi connectivity index (χ0v) is 9.20. The zero-order valence-electron chi connectivity index (χ0n) is 8.44. The van der Waals surface area contributed by atoms with Crippen molar-refractivity contribution in [1.29, 1.82) is 0 Å². The molecule has 0 atom stereocenters. The first-order valence-corrected chi connectivity index (χ1v) is 5.43. The summed E-state index contributed by atoms with van der Waals surface area (Å²) in [5.74, 6) is -3.67. The van der Waals surface area contributed by atoms with Gasteiger partial charge in [-0.1, -0.05) is 11.6 Å². The number of hydrogen-bond acceptors (Lipinski definition) is 1. The number of nitrogens with one attached hydrogen (secondary N) is 1. The SMILES string of the molecule is Fc1ccc(C(F)(F)CNC2CC2)c(Cl)c1. The van der Waals surface area contributed by atoms with Gasteiger partial charge < -0.3 is 5.32 Å². The third kappa shape index (κ3) is 2.68. The van der Waals surface area contributed by atoms with Crippen molar-refractivity contribution in [3.63, 3.8) is 0 Å². The average molecular weight is 250 g/mol. The molecule has 88 valence electrons. The normalized spacial score (nSPS) is 16.5. The Kier molecular flexibility index (Phi) is 3.13. The second-order valence-electron chi connectivity index (χ2n) is 3.98. The lowest BCUT2D eigenvalue weighted by molar-refractivity contribution is -0.00342. The number of halogens is 4. The van der Waals surface area contributed by atoms with Crippen molar-refractivity contribution >= 4 is 11.6 Å². The fourth-order valence-electron chi connectivity index (χ4n) is 1.44. The first-order chi connectivity index (χ1) is 7.49. The predicted octanol–water partition coefficient (Wildman–Crippen LogP) is 3.32. The Balaban J connectivity index is 2.12. The Labute approximate surface area is 96.6 Å². The molecular formula is C11H11ClF3N. The summed E-state index contributed by atoms with van der Waals surface area (Å²) in [4.78, 5) is 0. The van der Waals surface area contributed by atoms with E-state index >= 15 is 0 Å². The van der Waals surface area contributed by atoms with Gasteiger partial charge in [0.15, 0.2) is 0 Å². The van der Waals surface area contributed by atoms with Crippen LogP contribution in [0.15, 0.2) is 18.2 Å². The Hall–Kier alpha value is -0.740. The van der Waals surface area contributed by atoms with Crippen molar-refractivity contribution in [1.82, 2.24) is 5.32 Å². The van der Waals surface area contributed by atoms with Crippen LogP contribution in [0.3, 0.4) is 0 Å². The first-order valence-electron chi connectivity index (χ1n) is 5.06. The van der Waals surface area contributed by atoms with Gasteiger partial charge in [0.2, 0.25) is 0 Å². The maximum Gasteiger partial charge on any atom is 0.286 e. The van der Waals surface area contributed by atoms with Crippen LogP contribution in [0.25, 0.3) is 0 Å². The summed E-state index contributed by atoms with van der Waals surface area (Å²) in [5.41, 5.74) is -0.330. The highest BCUT2D eigenvalue weighted by Crippen LogP contribution is 2.34. The van der Waals surface area contributed by atoms with Gasteiger partial charge in [0.1, 0.15) is 5.82 Å². The van der Waals surface area contributed by atoms with E-state index in [-0.39, 0.29) is 16.6 Å². The van der Waals surface area contributed by atoms with Crippen molar-refractivity contribution < 1.29 is 13.2 Å². The van der Waals surface area contributed by atoms with E-state index in [9.17, 15) is 13.2 Å². The molecule has 0 radical (unpaired) electrons. The Morgan fingerprint density at radius 3 is 2.62 bits per heavy atom. The van der Waals surface area contributed by atoms with Crippen molar-refractivity contribution in [2.75, 3.05) is 6.54 Å². The number of benzene rings is 1. The zero-order chi connectivity index (χ0) is 11.8. The lowest BCUT2D eigenvalue weighted by Crippen LogP contribution is -2.32. The Morgan fingerprint density at radius 1 is 1.38 bits per heavy atom. The van der Waals surface area contributed by atoms with Crippen molar-refractivity contribution in [2.24, 2.45) is 0 Å². The summed E-state index contributed by atoms with van der Waals surface area (Å²) in [6, 6.07) is 3.13. The standard InChI is InChI=1S/C11H11ClF3N/c12-10-5-7(13)1-4-9(10)11(14,15)6-16-8-2-3-8/h1,4-5,8,16H,2-3,6H2. The van der Waals surface area contributed by atoms with Gasteiger partial charge in [0, 0.05) is 11.6 Å². The molecule has 1 aromatic carbocycles. The van der Waals surface area contributed by atoms with E-state index in [0.717, 1.165) is 31.0 Å². The van der Waals surface area contributed by atoms with Crippen LogP contribution in [0.4, 0.5) is 13.2 Å². The summed E-state index contributed by atoms with van der Waals surface area (Å²) in [6.45, 7) is -0.455. The van der Waals surface area contributed by atoms with Crippen LogP contribution in [0.1, 0.15) is 18.4 Å². The number of alkyl halides is 2. The molecule has 0 aliphatic heterocycles. The minimum absolute atomic E-state index is 0.199. The van der Waals surface area contributed by atoms with E-state index in [2.05, 4.69) is 5.32 Å². The maximum absolute atomic E-state index is 13.7. The van der Waals surface area contributed by atoms with Crippen LogP contribution in [0.2, 0.25) is 5.02 Å². The highest BCUT2D eigenvalue weighted by molar-refractivity contribution is 6.31. The highest BCUT2D eigenvalue weighted by Gasteiger charge is 2.35. The van der Waals surface area contributed by atoms with Crippen LogP contribution in [-0.2, 0) is 5.92 Å². The molecule has 0 spiro atoms. The molecule has 0 amide bonds. The smallest absolute Gasteiger partial charge is 0.286 e. The van der Waals surface area contributed by atoms with Gasteiger partial charge >= 0.3 is 0 Å². The summed E-state index contributed by atoms with van der Waals surface area (Å²) in [6.07, 6.45) is 1.88. The maximum atomic E-state index is 13.7. The minimum atomic E-state index is -3.06. The molecule has 1 aliphatic carbocycles. The van der Waals surface area contributed by atoms with Crippen LogP contribution in [0, 0.1) is 5.82 Å². The van der Waals surface area contributed by atoms with E-state index in [0.29, 0.717) is 0 Å². The minimum Gasteiger partial charge on any atom is -0.308 e. The predicted molar refractivity (Wildman–Crippen MR) is 56.3 cm³/mol. The van der Waals surface area contributed by atoms with Gasteiger partial charge in [-0.05, 0) is 31.0 Å². The molecule has 0 unspecified atom stereocenters. The molecule has 1 saturated carbocycles. The molecule has 5 heteroatoms. The van der Waals surface area contributed by atoms with E-state index in [1.165, 1.54) is 0 Å². The molecule has 0 bridgehead atoms. The fraction of sp³-hybridized carbons (Fsp3) is 0.455. The van der Waals surface area contributed by atoms with Crippen LogP contribution >= 0.6 is 11.6 Å². The Morgan fingerprint density at radius 2 is 2.06 bits per heavy atom. The van der Waals surface area contributed by atoms with Gasteiger partial charge in [-0.2, -0.15) is 8.78 Å². The largest absolute Gasteiger partial charge is 0.308 e. The third-order valence-corrected chi connectivity index (χ3v) is 2.83. The summed E-state index contributed by atoms with van der Waals surface area (Å²) in [7, 11) is 0. The number of rotatable bonds is 4. The van der Waals surface area contributed by atoms with E-state index in [4.69, 9.17) is 11.6 Å². The molecule has 1 N–H and O–H groups in total. The first kappa shape index (κ1) is 11.7. The van der Waals surface area contributed by atoms with E-state index in [1.807, 2.05) is 0 Å². The lowest BCUT2D eigenvalue weighted by Gasteiger charge is -2.18. The average Bonchev–Trinajstić information content (AvgIpc) is 2.97. The molecule has 0 heterocycles. The van der Waals surface area contributed by atoms with Crippen LogP contribution < -0.4 is 5.32 Å². The Bertz CT molecular complexity index is 391. The molecule has 0 saturated heterocycles. The lowest BCUT2D eigenvalue weighted by atomic mass is 10.1. The van der Waals surface area contributed by atoms with Crippen LogP contribution in [0.5, 0.6) is 0 Å². The van der Waals surface area contributed by atoms with Crippen molar-refractivity contribution in [3.8, 4) is 0 Å². The number of hydrogen-bond donors (Lipinski definition) is 1. The molecule has 1 aromatic rings.